The molecule has 26 heavy (non-hydrogen) atoms. The Morgan fingerprint density at radius 3 is 2.69 bits per heavy atom. The first-order valence-electron chi connectivity index (χ1n) is 8.13. The third-order valence-electron chi connectivity index (χ3n) is 4.10. The lowest BCUT2D eigenvalue weighted by atomic mass is 10.1. The number of nitrogens with one attached hydrogen (secondary N) is 1. The van der Waals surface area contributed by atoms with Crippen molar-refractivity contribution in [3.05, 3.63) is 35.9 Å². The van der Waals surface area contributed by atoms with E-state index in [0.29, 0.717) is 17.4 Å². The van der Waals surface area contributed by atoms with E-state index < -0.39 is 10.7 Å². The van der Waals surface area contributed by atoms with Gasteiger partial charge in [-0.15, -0.1) is 11.8 Å². The minimum Gasteiger partial charge on any atom is -0.497 e. The molecule has 0 bridgehead atoms. The largest absolute Gasteiger partial charge is 0.497 e. The third-order valence-corrected chi connectivity index (χ3v) is 5.51. The molecule has 2 amide bonds. The maximum atomic E-state index is 12.3. The van der Waals surface area contributed by atoms with Crippen LogP contribution in [0.15, 0.2) is 24.3 Å². The Morgan fingerprint density at radius 2 is 2.12 bits per heavy atom. The molecule has 1 atom stereocenters. The second-order valence-corrected chi connectivity index (χ2v) is 8.13. The first kappa shape index (κ1) is 18.2. The molecule has 2 aromatic rings. The lowest BCUT2D eigenvalue weighted by Crippen LogP contribution is -2.48. The van der Waals surface area contributed by atoms with Crippen molar-refractivity contribution in [1.29, 1.82) is 0 Å². The number of primary amides is 1. The number of carbonyl (C=O) groups is 2. The highest BCUT2D eigenvalue weighted by Gasteiger charge is 2.38. The van der Waals surface area contributed by atoms with Crippen LogP contribution in [0.2, 0.25) is 0 Å². The summed E-state index contributed by atoms with van der Waals surface area (Å²) in [5.74, 6) is 1.71. The van der Waals surface area contributed by atoms with Crippen LogP contribution in [0.4, 0.5) is 0 Å². The summed E-state index contributed by atoms with van der Waals surface area (Å²) in [6, 6.07) is 6.99. The van der Waals surface area contributed by atoms with E-state index in [2.05, 4.69) is 15.4 Å². The van der Waals surface area contributed by atoms with Gasteiger partial charge in [0.2, 0.25) is 11.8 Å². The van der Waals surface area contributed by atoms with E-state index in [4.69, 9.17) is 10.5 Å². The molecule has 2 heterocycles. The molecule has 1 saturated heterocycles. The van der Waals surface area contributed by atoms with Gasteiger partial charge in [-0.05, 0) is 38.1 Å². The summed E-state index contributed by atoms with van der Waals surface area (Å²) in [6.07, 6.45) is -0.0601. The van der Waals surface area contributed by atoms with Crippen LogP contribution in [0, 0.1) is 0 Å². The maximum Gasteiger partial charge on any atom is 0.236 e. The van der Waals surface area contributed by atoms with Gasteiger partial charge >= 0.3 is 0 Å². The summed E-state index contributed by atoms with van der Waals surface area (Å²) >= 11 is 1.56. The third kappa shape index (κ3) is 3.67. The van der Waals surface area contributed by atoms with Crippen LogP contribution in [-0.2, 0) is 16.0 Å². The van der Waals surface area contributed by atoms with E-state index in [1.807, 2.05) is 38.1 Å². The number of nitrogens with two attached hydrogens (primary N) is 1. The standard InChI is InChI=1S/C17H21N5O3S/c1-17(2)16(24)19-12(9-26-17)15-20-14(8-13(18)23)21-22(15)10-4-6-11(25-3)7-5-10/h4-7,12H,8-9H2,1-3H3,(H2,18,23)(H,19,24)/t12-/m0/s1. The zero-order valence-electron chi connectivity index (χ0n) is 14.9. The second kappa shape index (κ2) is 6.99. The fraction of sp³-hybridized carbons (Fsp3) is 0.412. The fourth-order valence-electron chi connectivity index (χ4n) is 2.61. The molecule has 8 nitrogen and oxygen atoms in total. The molecular formula is C17H21N5O3S. The molecule has 9 heteroatoms. The average molecular weight is 375 g/mol. The van der Waals surface area contributed by atoms with Crippen LogP contribution < -0.4 is 15.8 Å². The number of thioether (sulfide) groups is 1. The lowest BCUT2D eigenvalue weighted by molar-refractivity contribution is -0.123. The molecule has 0 unspecified atom stereocenters. The molecule has 0 aliphatic carbocycles. The monoisotopic (exact) mass is 375 g/mol. The molecule has 3 N–H and O–H groups in total. The molecular weight excluding hydrogens is 354 g/mol. The summed E-state index contributed by atoms with van der Waals surface area (Å²) in [7, 11) is 1.59. The van der Waals surface area contributed by atoms with Gasteiger partial charge in [-0.1, -0.05) is 0 Å². The van der Waals surface area contributed by atoms with E-state index in [1.54, 1.807) is 23.6 Å². The van der Waals surface area contributed by atoms with Crippen LogP contribution in [0.1, 0.15) is 31.5 Å². The Kier molecular flexibility index (Phi) is 4.90. The first-order valence-corrected chi connectivity index (χ1v) is 9.12. The van der Waals surface area contributed by atoms with Gasteiger partial charge < -0.3 is 15.8 Å². The van der Waals surface area contributed by atoms with Crippen molar-refractivity contribution < 1.29 is 14.3 Å². The maximum absolute atomic E-state index is 12.3. The van der Waals surface area contributed by atoms with Crippen molar-refractivity contribution in [3.63, 3.8) is 0 Å². The van der Waals surface area contributed by atoms with E-state index in [1.165, 1.54) is 0 Å². The minimum absolute atomic E-state index is 0.0560. The van der Waals surface area contributed by atoms with Crippen molar-refractivity contribution in [2.75, 3.05) is 12.9 Å². The predicted molar refractivity (Wildman–Crippen MR) is 98.2 cm³/mol. The highest BCUT2D eigenvalue weighted by molar-refractivity contribution is 8.01. The first-order chi connectivity index (χ1) is 12.3. The molecule has 1 aromatic heterocycles. The summed E-state index contributed by atoms with van der Waals surface area (Å²) in [5, 5.41) is 7.41. The zero-order chi connectivity index (χ0) is 18.9. The summed E-state index contributed by atoms with van der Waals surface area (Å²) < 4.78 is 6.33. The number of benzene rings is 1. The number of nitrogens with zero attached hydrogens (tertiary/aromatic N) is 3. The van der Waals surface area contributed by atoms with Crippen molar-refractivity contribution in [3.8, 4) is 11.4 Å². The molecule has 1 aromatic carbocycles. The topological polar surface area (TPSA) is 112 Å². The molecule has 3 rings (SSSR count). The van der Waals surface area contributed by atoms with Gasteiger partial charge in [-0.3, -0.25) is 9.59 Å². The highest BCUT2D eigenvalue weighted by Crippen LogP contribution is 2.34. The van der Waals surface area contributed by atoms with E-state index in [-0.39, 0.29) is 18.4 Å². The number of methoxy groups -OCH3 is 1. The second-order valence-electron chi connectivity index (χ2n) is 6.49. The number of rotatable bonds is 5. The van der Waals surface area contributed by atoms with Crippen LogP contribution >= 0.6 is 11.8 Å². The Labute approximate surface area is 155 Å². The van der Waals surface area contributed by atoms with E-state index >= 15 is 0 Å². The van der Waals surface area contributed by atoms with Gasteiger partial charge in [0.05, 0.1) is 30.0 Å². The quantitative estimate of drug-likeness (QED) is 0.806. The van der Waals surface area contributed by atoms with Crippen LogP contribution in [0.25, 0.3) is 5.69 Å². The van der Waals surface area contributed by atoms with Crippen LogP contribution in [0.5, 0.6) is 5.75 Å². The number of carbonyl (C=O) groups excluding carboxylic acids is 2. The number of ether oxygens (including phenoxy) is 1. The number of hydrogen-bond donors (Lipinski definition) is 2. The van der Waals surface area contributed by atoms with Crippen molar-refractivity contribution >= 4 is 23.6 Å². The van der Waals surface area contributed by atoms with E-state index in [9.17, 15) is 9.59 Å². The van der Waals surface area contributed by atoms with E-state index in [0.717, 1.165) is 11.4 Å². The zero-order valence-corrected chi connectivity index (χ0v) is 15.7. The van der Waals surface area contributed by atoms with Crippen LogP contribution in [-0.4, -0.2) is 44.2 Å². The Bertz CT molecular complexity index is 831. The number of hydrogen-bond acceptors (Lipinski definition) is 6. The number of amides is 2. The minimum atomic E-state index is -0.508. The predicted octanol–water partition coefficient (Wildman–Crippen LogP) is 0.986. The molecule has 0 radical (unpaired) electrons. The van der Waals surface area contributed by atoms with Crippen molar-refractivity contribution in [2.45, 2.75) is 31.1 Å². The lowest BCUT2D eigenvalue weighted by Gasteiger charge is -2.33. The molecule has 1 fully saturated rings. The Balaban J connectivity index is 1.98. The van der Waals surface area contributed by atoms with Gasteiger partial charge in [0.1, 0.15) is 5.75 Å². The highest BCUT2D eigenvalue weighted by atomic mass is 32.2. The van der Waals surface area contributed by atoms with Gasteiger partial charge in [0.15, 0.2) is 11.6 Å². The number of aromatic nitrogens is 3. The SMILES string of the molecule is COc1ccc(-n2nc(CC(N)=O)nc2[C@@H]2CSC(C)(C)C(=O)N2)cc1. The molecule has 1 aliphatic heterocycles. The van der Waals surface area contributed by atoms with Gasteiger partial charge in [-0.25, -0.2) is 9.67 Å². The Hall–Kier alpha value is -2.55. The normalized spacial score (nSPS) is 19.0. The van der Waals surface area contributed by atoms with Gasteiger partial charge in [0.25, 0.3) is 0 Å². The van der Waals surface area contributed by atoms with Gasteiger partial charge in [-0.2, -0.15) is 5.10 Å². The molecule has 138 valence electrons. The smallest absolute Gasteiger partial charge is 0.236 e. The van der Waals surface area contributed by atoms with Crippen molar-refractivity contribution in [2.24, 2.45) is 5.73 Å². The van der Waals surface area contributed by atoms with Crippen LogP contribution in [0.3, 0.4) is 0 Å². The summed E-state index contributed by atoms with van der Waals surface area (Å²) in [6.45, 7) is 3.77. The molecule has 0 spiro atoms. The Morgan fingerprint density at radius 1 is 1.42 bits per heavy atom. The van der Waals surface area contributed by atoms with Crippen molar-refractivity contribution in [1.82, 2.24) is 20.1 Å². The summed E-state index contributed by atoms with van der Waals surface area (Å²) in [4.78, 5) is 28.1. The molecule has 0 saturated carbocycles. The van der Waals surface area contributed by atoms with Gasteiger partial charge in [0, 0.05) is 5.75 Å². The average Bonchev–Trinajstić information content (AvgIpc) is 3.00. The molecule has 1 aliphatic rings. The summed E-state index contributed by atoms with van der Waals surface area (Å²) in [5.41, 5.74) is 6.04. The fourth-order valence-corrected chi connectivity index (χ4v) is 3.61.